The van der Waals surface area contributed by atoms with Crippen molar-refractivity contribution in [3.63, 3.8) is 0 Å². The summed E-state index contributed by atoms with van der Waals surface area (Å²) in [4.78, 5) is 0. The molecule has 1 heteroatoms. The van der Waals surface area contributed by atoms with E-state index in [4.69, 9.17) is 5.73 Å². The molecule has 0 aliphatic heterocycles. The lowest BCUT2D eigenvalue weighted by Gasteiger charge is -2.37. The van der Waals surface area contributed by atoms with Gasteiger partial charge in [0.2, 0.25) is 0 Å². The van der Waals surface area contributed by atoms with Crippen LogP contribution in [-0.2, 0) is 5.41 Å². The quantitative estimate of drug-likeness (QED) is 0.537. The second-order valence-electron chi connectivity index (χ2n) is 5.42. The van der Waals surface area contributed by atoms with Gasteiger partial charge in [-0.05, 0) is 30.7 Å². The summed E-state index contributed by atoms with van der Waals surface area (Å²) in [5.41, 5.74) is 7.65. The molecule has 18 heavy (non-hydrogen) atoms. The minimum absolute atomic E-state index is 0.127. The van der Waals surface area contributed by atoms with Crippen molar-refractivity contribution in [3.05, 3.63) is 48.6 Å². The summed E-state index contributed by atoms with van der Waals surface area (Å²) < 4.78 is 0. The Kier molecular flexibility index (Phi) is 6.14. The molecule has 1 unspecified atom stereocenters. The highest BCUT2D eigenvalue weighted by Gasteiger charge is 2.33. The molecule has 0 saturated heterocycles. The number of unbranched alkanes of at least 4 members (excludes halogenated alkanes) is 2. The van der Waals surface area contributed by atoms with E-state index in [0.29, 0.717) is 5.92 Å². The molecule has 100 valence electrons. The molecule has 0 aliphatic rings. The first-order valence-electron chi connectivity index (χ1n) is 7.04. The van der Waals surface area contributed by atoms with E-state index in [0.717, 1.165) is 13.0 Å². The van der Waals surface area contributed by atoms with Gasteiger partial charge in [-0.2, -0.15) is 0 Å². The van der Waals surface area contributed by atoms with Crippen molar-refractivity contribution in [2.75, 3.05) is 6.54 Å². The number of nitrogens with two attached hydrogens (primary N) is 1. The maximum atomic E-state index is 6.14. The molecule has 0 saturated carbocycles. The number of benzene rings is 1. The van der Waals surface area contributed by atoms with E-state index >= 15 is 0 Å². The van der Waals surface area contributed by atoms with Crippen LogP contribution >= 0.6 is 0 Å². The fraction of sp³-hybridized carbons (Fsp3) is 0.529. The molecule has 1 atom stereocenters. The molecule has 0 fully saturated rings. The molecule has 1 aromatic rings. The zero-order valence-electron chi connectivity index (χ0n) is 11.9. The van der Waals surface area contributed by atoms with Gasteiger partial charge >= 0.3 is 0 Å². The van der Waals surface area contributed by atoms with Crippen LogP contribution in [0.4, 0.5) is 0 Å². The van der Waals surface area contributed by atoms with E-state index in [-0.39, 0.29) is 5.41 Å². The molecule has 0 bridgehead atoms. The molecule has 0 spiro atoms. The number of rotatable bonds is 8. The lowest BCUT2D eigenvalue weighted by Crippen LogP contribution is -2.40. The Morgan fingerprint density at radius 2 is 1.89 bits per heavy atom. The third kappa shape index (κ3) is 3.46. The molecule has 0 radical (unpaired) electrons. The summed E-state index contributed by atoms with van der Waals surface area (Å²) in [6, 6.07) is 10.8. The topological polar surface area (TPSA) is 26.0 Å². The zero-order valence-corrected chi connectivity index (χ0v) is 11.9. The van der Waals surface area contributed by atoms with Crippen LogP contribution in [0.2, 0.25) is 0 Å². The molecule has 2 N–H and O–H groups in total. The number of hydrogen-bond acceptors (Lipinski definition) is 1. The minimum Gasteiger partial charge on any atom is -0.330 e. The molecule has 0 heterocycles. The van der Waals surface area contributed by atoms with Gasteiger partial charge in [0.05, 0.1) is 0 Å². The van der Waals surface area contributed by atoms with E-state index in [2.05, 4.69) is 50.8 Å². The first-order valence-corrected chi connectivity index (χ1v) is 7.04. The predicted molar refractivity (Wildman–Crippen MR) is 80.7 cm³/mol. The SMILES string of the molecule is C=CCCCCC(CN)(c1ccccc1)C(C)C. The molecule has 0 amide bonds. The zero-order chi connectivity index (χ0) is 13.4. The average molecular weight is 245 g/mol. The highest BCUT2D eigenvalue weighted by Crippen LogP contribution is 2.36. The van der Waals surface area contributed by atoms with Crippen LogP contribution in [-0.4, -0.2) is 6.54 Å². The first kappa shape index (κ1) is 15.0. The second kappa shape index (κ2) is 7.38. The third-order valence-electron chi connectivity index (χ3n) is 4.10. The number of hydrogen-bond donors (Lipinski definition) is 1. The van der Waals surface area contributed by atoms with Crippen molar-refractivity contribution in [2.24, 2.45) is 11.7 Å². The summed E-state index contributed by atoms with van der Waals surface area (Å²) in [6.07, 6.45) is 6.70. The molecule has 1 rings (SSSR count). The second-order valence-corrected chi connectivity index (χ2v) is 5.42. The van der Waals surface area contributed by atoms with Gasteiger partial charge in [-0.15, -0.1) is 6.58 Å². The summed E-state index contributed by atoms with van der Waals surface area (Å²) in [5.74, 6) is 0.564. The fourth-order valence-corrected chi connectivity index (χ4v) is 2.72. The molecule has 1 aromatic carbocycles. The lowest BCUT2D eigenvalue weighted by molar-refractivity contribution is 0.283. The van der Waals surface area contributed by atoms with Gasteiger partial charge in [-0.1, -0.05) is 56.7 Å². The smallest absolute Gasteiger partial charge is 0.00984 e. The van der Waals surface area contributed by atoms with Gasteiger partial charge in [0.1, 0.15) is 0 Å². The highest BCUT2D eigenvalue weighted by molar-refractivity contribution is 5.26. The van der Waals surface area contributed by atoms with Crippen LogP contribution in [0.25, 0.3) is 0 Å². The van der Waals surface area contributed by atoms with Crippen LogP contribution in [0.1, 0.15) is 45.1 Å². The Labute approximate surface area is 112 Å². The maximum Gasteiger partial charge on any atom is 0.00984 e. The molecule has 0 aromatic heterocycles. The van der Waals surface area contributed by atoms with E-state index < -0.39 is 0 Å². The largest absolute Gasteiger partial charge is 0.330 e. The monoisotopic (exact) mass is 245 g/mol. The van der Waals surface area contributed by atoms with Gasteiger partial charge in [0.15, 0.2) is 0 Å². The Morgan fingerprint density at radius 1 is 1.22 bits per heavy atom. The molecular weight excluding hydrogens is 218 g/mol. The van der Waals surface area contributed by atoms with Crippen LogP contribution in [0, 0.1) is 5.92 Å². The van der Waals surface area contributed by atoms with Crippen molar-refractivity contribution < 1.29 is 0 Å². The van der Waals surface area contributed by atoms with Crippen LogP contribution in [0.5, 0.6) is 0 Å². The van der Waals surface area contributed by atoms with Crippen LogP contribution < -0.4 is 5.73 Å². The summed E-state index contributed by atoms with van der Waals surface area (Å²) >= 11 is 0. The van der Waals surface area contributed by atoms with Crippen molar-refractivity contribution >= 4 is 0 Å². The van der Waals surface area contributed by atoms with Gasteiger partial charge in [-0.25, -0.2) is 0 Å². The summed E-state index contributed by atoms with van der Waals surface area (Å²) in [5, 5.41) is 0. The van der Waals surface area contributed by atoms with E-state index in [1.165, 1.54) is 24.8 Å². The van der Waals surface area contributed by atoms with Crippen LogP contribution in [0.15, 0.2) is 43.0 Å². The van der Waals surface area contributed by atoms with Gasteiger partial charge in [0.25, 0.3) is 0 Å². The molecule has 1 nitrogen and oxygen atoms in total. The highest BCUT2D eigenvalue weighted by atomic mass is 14.6. The van der Waals surface area contributed by atoms with Gasteiger partial charge in [0, 0.05) is 12.0 Å². The van der Waals surface area contributed by atoms with Crippen molar-refractivity contribution in [1.82, 2.24) is 0 Å². The van der Waals surface area contributed by atoms with Crippen molar-refractivity contribution in [1.29, 1.82) is 0 Å². The minimum atomic E-state index is 0.127. The van der Waals surface area contributed by atoms with Crippen LogP contribution in [0.3, 0.4) is 0 Å². The Bertz CT molecular complexity index is 342. The maximum absolute atomic E-state index is 6.14. The fourth-order valence-electron chi connectivity index (χ4n) is 2.72. The Balaban J connectivity index is 2.85. The standard InChI is InChI=1S/C17H27N/c1-4-5-6-10-13-17(14-18,15(2)3)16-11-8-7-9-12-16/h4,7-9,11-12,15H,1,5-6,10,13-14,18H2,2-3H3. The first-order chi connectivity index (χ1) is 8.67. The molecular formula is C17H27N. The van der Waals surface area contributed by atoms with Gasteiger partial charge < -0.3 is 5.73 Å². The normalized spacial score (nSPS) is 14.4. The van der Waals surface area contributed by atoms with E-state index in [1.807, 2.05) is 6.08 Å². The summed E-state index contributed by atoms with van der Waals surface area (Å²) in [7, 11) is 0. The van der Waals surface area contributed by atoms with Gasteiger partial charge in [-0.3, -0.25) is 0 Å². The van der Waals surface area contributed by atoms with E-state index in [1.54, 1.807) is 0 Å². The average Bonchev–Trinajstić information content (AvgIpc) is 2.40. The predicted octanol–water partition coefficient (Wildman–Crippen LogP) is 4.29. The lowest BCUT2D eigenvalue weighted by atomic mass is 9.68. The van der Waals surface area contributed by atoms with Crippen molar-refractivity contribution in [3.8, 4) is 0 Å². The Hall–Kier alpha value is -1.08. The van der Waals surface area contributed by atoms with E-state index in [9.17, 15) is 0 Å². The third-order valence-corrected chi connectivity index (χ3v) is 4.10. The number of allylic oxidation sites excluding steroid dienone is 1. The molecule has 0 aliphatic carbocycles. The Morgan fingerprint density at radius 3 is 2.39 bits per heavy atom. The van der Waals surface area contributed by atoms with Crippen molar-refractivity contribution in [2.45, 2.75) is 44.9 Å². The summed E-state index contributed by atoms with van der Waals surface area (Å²) in [6.45, 7) is 9.08.